The second-order valence-corrected chi connectivity index (χ2v) is 5.28. The van der Waals surface area contributed by atoms with Gasteiger partial charge in [0, 0.05) is 11.6 Å². The summed E-state index contributed by atoms with van der Waals surface area (Å²) in [4.78, 5) is 3.32. The monoisotopic (exact) mass is 283 g/mol. The van der Waals surface area contributed by atoms with Crippen LogP contribution < -0.4 is 0 Å². The maximum absolute atomic E-state index is 5.60. The van der Waals surface area contributed by atoms with E-state index < -0.39 is 0 Å². The fourth-order valence-corrected chi connectivity index (χ4v) is 3.24. The van der Waals surface area contributed by atoms with E-state index in [4.69, 9.17) is 4.74 Å². The van der Waals surface area contributed by atoms with Gasteiger partial charge in [-0.25, -0.2) is 0 Å². The zero-order valence-electron chi connectivity index (χ0n) is 8.00. The van der Waals surface area contributed by atoms with Crippen molar-refractivity contribution < 1.29 is 4.74 Å². The minimum absolute atomic E-state index is 0.367. The molecule has 0 saturated heterocycles. The highest BCUT2D eigenvalue weighted by Gasteiger charge is 2.23. The van der Waals surface area contributed by atoms with E-state index in [1.165, 1.54) is 16.8 Å². The fourth-order valence-electron chi connectivity index (χ4n) is 1.98. The number of aromatic nitrogens is 1. The number of fused-ring (bicyclic) bond motifs is 1. The van der Waals surface area contributed by atoms with Gasteiger partial charge in [0.1, 0.15) is 0 Å². The molecule has 0 radical (unpaired) electrons. The average Bonchev–Trinajstić information content (AvgIpc) is 2.84. The third-order valence-electron chi connectivity index (χ3n) is 2.74. The first-order valence-corrected chi connectivity index (χ1v) is 6.55. The molecule has 0 fully saturated rings. The van der Waals surface area contributed by atoms with Crippen LogP contribution in [-0.4, -0.2) is 11.6 Å². The Labute approximate surface area is 100 Å². The Balaban J connectivity index is 2.02. The minimum atomic E-state index is 0.367. The van der Waals surface area contributed by atoms with Gasteiger partial charge in [-0.1, -0.05) is 0 Å². The van der Waals surface area contributed by atoms with Crippen LogP contribution in [0.5, 0.6) is 0 Å². The summed E-state index contributed by atoms with van der Waals surface area (Å²) in [5.74, 6) is 0.367. The highest BCUT2D eigenvalue weighted by atomic mass is 79.9. The molecular formula is C11H10BrNOS. The van der Waals surface area contributed by atoms with Crippen LogP contribution in [0.2, 0.25) is 0 Å². The number of thiophene rings is 1. The predicted octanol–water partition coefficient (Wildman–Crippen LogP) is 3.50. The molecule has 15 heavy (non-hydrogen) atoms. The Bertz CT molecular complexity index is 476. The molecular weight excluding hydrogens is 274 g/mol. The van der Waals surface area contributed by atoms with Gasteiger partial charge in [-0.15, -0.1) is 0 Å². The quantitative estimate of drug-likeness (QED) is 0.851. The van der Waals surface area contributed by atoms with Gasteiger partial charge >= 0.3 is 0 Å². The van der Waals surface area contributed by atoms with E-state index in [-0.39, 0.29) is 0 Å². The number of H-pyrrole nitrogens is 1. The summed E-state index contributed by atoms with van der Waals surface area (Å²) < 4.78 is 6.63. The van der Waals surface area contributed by atoms with E-state index in [9.17, 15) is 0 Å². The fraction of sp³-hybridized carbons (Fsp3) is 0.273. The molecule has 0 spiro atoms. The van der Waals surface area contributed by atoms with Crippen LogP contribution in [0.3, 0.4) is 0 Å². The maximum atomic E-state index is 5.60. The first kappa shape index (κ1) is 9.63. The standard InChI is InChI=1S/C11H10BrNOS/c12-11-2-1-10(13-11)8-4-14-3-7-5-15-6-9(7)8/h1-2,5-6,8,13H,3-4H2. The molecule has 0 saturated carbocycles. The first-order valence-electron chi connectivity index (χ1n) is 4.81. The summed E-state index contributed by atoms with van der Waals surface area (Å²) in [6.45, 7) is 1.54. The van der Waals surface area contributed by atoms with E-state index in [0.717, 1.165) is 17.8 Å². The molecule has 0 amide bonds. The van der Waals surface area contributed by atoms with E-state index in [0.29, 0.717) is 5.92 Å². The normalized spacial score (nSPS) is 20.2. The van der Waals surface area contributed by atoms with Crippen molar-refractivity contribution in [2.24, 2.45) is 0 Å². The number of nitrogens with one attached hydrogen (secondary N) is 1. The molecule has 78 valence electrons. The number of hydrogen-bond acceptors (Lipinski definition) is 2. The van der Waals surface area contributed by atoms with Gasteiger partial charge in [0.2, 0.25) is 0 Å². The van der Waals surface area contributed by atoms with E-state index >= 15 is 0 Å². The molecule has 1 atom stereocenters. The highest BCUT2D eigenvalue weighted by molar-refractivity contribution is 9.10. The summed E-state index contributed by atoms with van der Waals surface area (Å²) in [5, 5.41) is 4.41. The molecule has 1 aliphatic heterocycles. The summed E-state index contributed by atoms with van der Waals surface area (Å²) in [6.07, 6.45) is 0. The zero-order chi connectivity index (χ0) is 10.3. The largest absolute Gasteiger partial charge is 0.376 e. The minimum Gasteiger partial charge on any atom is -0.376 e. The lowest BCUT2D eigenvalue weighted by atomic mass is 9.94. The summed E-state index contributed by atoms with van der Waals surface area (Å²) >= 11 is 5.19. The Hall–Kier alpha value is -0.580. The Kier molecular flexibility index (Phi) is 2.42. The van der Waals surface area contributed by atoms with Gasteiger partial charge in [0.15, 0.2) is 0 Å². The van der Waals surface area contributed by atoms with Crippen molar-refractivity contribution in [3.8, 4) is 0 Å². The Morgan fingerprint density at radius 1 is 1.40 bits per heavy atom. The van der Waals surface area contributed by atoms with Gasteiger partial charge in [0.25, 0.3) is 0 Å². The third kappa shape index (κ3) is 1.67. The lowest BCUT2D eigenvalue weighted by molar-refractivity contribution is 0.0993. The highest BCUT2D eigenvalue weighted by Crippen LogP contribution is 2.34. The van der Waals surface area contributed by atoms with Gasteiger partial charge in [-0.05, 0) is 49.9 Å². The number of ether oxygens (including phenoxy) is 1. The number of rotatable bonds is 1. The Morgan fingerprint density at radius 3 is 3.13 bits per heavy atom. The molecule has 4 heteroatoms. The molecule has 2 nitrogen and oxygen atoms in total. The third-order valence-corrected chi connectivity index (χ3v) is 4.02. The van der Waals surface area contributed by atoms with Gasteiger partial charge in [-0.2, -0.15) is 11.3 Å². The van der Waals surface area contributed by atoms with Crippen LogP contribution in [0.15, 0.2) is 27.5 Å². The molecule has 0 aromatic carbocycles. The molecule has 3 rings (SSSR count). The van der Waals surface area contributed by atoms with E-state index in [1.807, 2.05) is 6.07 Å². The van der Waals surface area contributed by atoms with E-state index in [1.54, 1.807) is 11.3 Å². The summed E-state index contributed by atoms with van der Waals surface area (Å²) in [6, 6.07) is 4.15. The van der Waals surface area contributed by atoms with Crippen LogP contribution in [0.1, 0.15) is 22.7 Å². The van der Waals surface area contributed by atoms with Gasteiger partial charge < -0.3 is 9.72 Å². The van der Waals surface area contributed by atoms with Crippen LogP contribution in [0.25, 0.3) is 0 Å². The average molecular weight is 284 g/mol. The SMILES string of the molecule is Brc1ccc(C2COCc3cscc32)[nH]1. The topological polar surface area (TPSA) is 25.0 Å². The van der Waals surface area contributed by atoms with Crippen molar-refractivity contribution in [2.75, 3.05) is 6.61 Å². The summed E-state index contributed by atoms with van der Waals surface area (Å²) in [5.41, 5.74) is 3.98. The second kappa shape index (κ2) is 3.77. The van der Waals surface area contributed by atoms with Crippen LogP contribution in [0.4, 0.5) is 0 Å². The molecule has 2 aromatic rings. The van der Waals surface area contributed by atoms with Crippen molar-refractivity contribution in [3.63, 3.8) is 0 Å². The first-order chi connectivity index (χ1) is 7.34. The van der Waals surface area contributed by atoms with Gasteiger partial charge in [0.05, 0.1) is 17.8 Å². The lowest BCUT2D eigenvalue weighted by Crippen LogP contribution is -2.16. The van der Waals surface area contributed by atoms with Crippen molar-refractivity contribution >= 4 is 27.3 Å². The van der Waals surface area contributed by atoms with E-state index in [2.05, 4.69) is 37.7 Å². The van der Waals surface area contributed by atoms with Crippen LogP contribution >= 0.6 is 27.3 Å². The molecule has 1 N–H and O–H groups in total. The molecule has 1 aliphatic rings. The van der Waals surface area contributed by atoms with Crippen molar-refractivity contribution in [2.45, 2.75) is 12.5 Å². The smallest absolute Gasteiger partial charge is 0.0822 e. The Morgan fingerprint density at radius 2 is 2.33 bits per heavy atom. The van der Waals surface area contributed by atoms with Crippen molar-refractivity contribution in [3.05, 3.63) is 44.3 Å². The molecule has 1 unspecified atom stereocenters. The number of hydrogen-bond donors (Lipinski definition) is 1. The number of halogens is 1. The summed E-state index contributed by atoms with van der Waals surface area (Å²) in [7, 11) is 0. The van der Waals surface area contributed by atoms with Gasteiger partial charge in [-0.3, -0.25) is 0 Å². The van der Waals surface area contributed by atoms with Crippen LogP contribution in [-0.2, 0) is 11.3 Å². The number of aromatic amines is 1. The molecule has 0 aliphatic carbocycles. The zero-order valence-corrected chi connectivity index (χ0v) is 10.4. The van der Waals surface area contributed by atoms with Crippen LogP contribution in [0, 0.1) is 0 Å². The molecule has 3 heterocycles. The molecule has 2 aromatic heterocycles. The lowest BCUT2D eigenvalue weighted by Gasteiger charge is -2.22. The molecule has 0 bridgehead atoms. The predicted molar refractivity (Wildman–Crippen MR) is 64.3 cm³/mol. The van der Waals surface area contributed by atoms with Crippen molar-refractivity contribution in [1.29, 1.82) is 0 Å². The second-order valence-electron chi connectivity index (χ2n) is 3.68. The maximum Gasteiger partial charge on any atom is 0.0822 e. The van der Waals surface area contributed by atoms with Crippen molar-refractivity contribution in [1.82, 2.24) is 4.98 Å².